The molecule has 0 spiro atoms. The van der Waals surface area contributed by atoms with E-state index >= 15 is 0 Å². The van der Waals surface area contributed by atoms with Crippen LogP contribution in [0.2, 0.25) is 0 Å². The molecule has 1 rings (SSSR count). The molecule has 0 radical (unpaired) electrons. The summed E-state index contributed by atoms with van der Waals surface area (Å²) >= 11 is 3.31. The zero-order valence-electron chi connectivity index (χ0n) is 11.1. The van der Waals surface area contributed by atoms with E-state index in [4.69, 9.17) is 16.2 Å². The van der Waals surface area contributed by atoms with Crippen molar-refractivity contribution in [3.8, 4) is 11.5 Å². The summed E-state index contributed by atoms with van der Waals surface area (Å²) in [5.41, 5.74) is 12.5. The molecule has 1 aromatic carbocycles. The molecular formula is C13H22BrClN2O2. The Morgan fingerprint density at radius 2 is 2.05 bits per heavy atom. The Morgan fingerprint density at radius 3 is 2.63 bits per heavy atom. The Bertz CT molecular complexity index is 391. The first kappa shape index (κ1) is 18.5. The van der Waals surface area contributed by atoms with E-state index in [0.29, 0.717) is 23.4 Å². The largest absolute Gasteiger partial charge is 0.503 e. The lowest BCUT2D eigenvalue weighted by Gasteiger charge is -2.15. The van der Waals surface area contributed by atoms with Crippen LogP contribution < -0.4 is 16.2 Å². The molecule has 0 heterocycles. The molecule has 0 aliphatic rings. The molecule has 0 fully saturated rings. The van der Waals surface area contributed by atoms with Crippen LogP contribution in [0.4, 0.5) is 0 Å². The highest BCUT2D eigenvalue weighted by atomic mass is 79.9. The number of aromatic hydroxyl groups is 1. The highest BCUT2D eigenvalue weighted by Gasteiger charge is 2.13. The molecule has 0 saturated heterocycles. The molecule has 19 heavy (non-hydrogen) atoms. The molecular weight excluding hydrogens is 332 g/mol. The van der Waals surface area contributed by atoms with Crippen LogP contribution in [0.5, 0.6) is 11.5 Å². The van der Waals surface area contributed by atoms with Gasteiger partial charge in [0.15, 0.2) is 11.5 Å². The van der Waals surface area contributed by atoms with Crippen LogP contribution >= 0.6 is 28.3 Å². The van der Waals surface area contributed by atoms with E-state index in [-0.39, 0.29) is 24.2 Å². The second-order valence-corrected chi connectivity index (χ2v) is 5.03. The SMILES string of the molecule is CCOc1cc([C@H](N)CCCCN)cc(Br)c1O.Cl. The van der Waals surface area contributed by atoms with Gasteiger partial charge < -0.3 is 21.3 Å². The molecule has 5 N–H and O–H groups in total. The molecule has 0 aliphatic heterocycles. The smallest absolute Gasteiger partial charge is 0.172 e. The maximum Gasteiger partial charge on any atom is 0.172 e. The Labute approximate surface area is 129 Å². The Kier molecular flexibility index (Phi) is 9.18. The molecule has 110 valence electrons. The number of ether oxygens (including phenoxy) is 1. The van der Waals surface area contributed by atoms with Crippen molar-refractivity contribution in [3.05, 3.63) is 22.2 Å². The summed E-state index contributed by atoms with van der Waals surface area (Å²) in [7, 11) is 0. The zero-order valence-corrected chi connectivity index (χ0v) is 13.5. The Balaban J connectivity index is 0.00000324. The molecule has 0 amide bonds. The first-order chi connectivity index (χ1) is 8.60. The number of phenolic OH excluding ortho intramolecular Hbond substituents is 1. The van der Waals surface area contributed by atoms with Crippen molar-refractivity contribution in [2.75, 3.05) is 13.2 Å². The lowest BCUT2D eigenvalue weighted by molar-refractivity contribution is 0.316. The third kappa shape index (κ3) is 5.57. The van der Waals surface area contributed by atoms with Gasteiger partial charge in [0.25, 0.3) is 0 Å². The third-order valence-electron chi connectivity index (χ3n) is 2.75. The minimum Gasteiger partial charge on any atom is -0.503 e. The molecule has 1 aromatic rings. The monoisotopic (exact) mass is 352 g/mol. The molecule has 0 aliphatic carbocycles. The molecule has 1 atom stereocenters. The van der Waals surface area contributed by atoms with Crippen molar-refractivity contribution in [1.29, 1.82) is 0 Å². The van der Waals surface area contributed by atoms with Gasteiger partial charge in [-0.05, 0) is 59.9 Å². The number of halogens is 2. The molecule has 0 saturated carbocycles. The fourth-order valence-electron chi connectivity index (χ4n) is 1.75. The van der Waals surface area contributed by atoms with Crippen molar-refractivity contribution < 1.29 is 9.84 Å². The molecule has 0 unspecified atom stereocenters. The third-order valence-corrected chi connectivity index (χ3v) is 3.35. The van der Waals surface area contributed by atoms with Gasteiger partial charge >= 0.3 is 0 Å². The number of phenols is 1. The molecule has 0 bridgehead atoms. The lowest BCUT2D eigenvalue weighted by Crippen LogP contribution is -2.11. The molecule has 6 heteroatoms. The number of nitrogens with two attached hydrogens (primary N) is 2. The van der Waals surface area contributed by atoms with Crippen LogP contribution in [0.1, 0.15) is 37.8 Å². The quantitative estimate of drug-likeness (QED) is 0.658. The zero-order chi connectivity index (χ0) is 13.5. The maximum atomic E-state index is 9.82. The maximum absolute atomic E-state index is 9.82. The standard InChI is InChI=1S/C13H21BrN2O2.ClH/c1-2-18-12-8-9(7-10(14)13(12)17)11(16)5-3-4-6-15;/h7-8,11,17H,2-6,15-16H2,1H3;1H/t11-;/m1./s1. The molecule has 4 nitrogen and oxygen atoms in total. The summed E-state index contributed by atoms with van der Waals surface area (Å²) in [6.07, 6.45) is 2.85. The predicted molar refractivity (Wildman–Crippen MR) is 84.1 cm³/mol. The van der Waals surface area contributed by atoms with E-state index in [9.17, 15) is 5.11 Å². The highest BCUT2D eigenvalue weighted by molar-refractivity contribution is 9.10. The van der Waals surface area contributed by atoms with Crippen LogP contribution in [-0.4, -0.2) is 18.3 Å². The number of hydrogen-bond donors (Lipinski definition) is 3. The van der Waals surface area contributed by atoms with Gasteiger partial charge in [0, 0.05) is 6.04 Å². The van der Waals surface area contributed by atoms with Crippen molar-refractivity contribution in [2.24, 2.45) is 11.5 Å². The summed E-state index contributed by atoms with van der Waals surface area (Å²) in [5, 5.41) is 9.82. The van der Waals surface area contributed by atoms with Gasteiger partial charge in [0.2, 0.25) is 0 Å². The van der Waals surface area contributed by atoms with E-state index in [1.165, 1.54) is 0 Å². The minimum absolute atomic E-state index is 0. The van der Waals surface area contributed by atoms with Crippen molar-refractivity contribution in [1.82, 2.24) is 0 Å². The van der Waals surface area contributed by atoms with Gasteiger partial charge in [-0.15, -0.1) is 12.4 Å². The van der Waals surface area contributed by atoms with Crippen LogP contribution in [0.15, 0.2) is 16.6 Å². The topological polar surface area (TPSA) is 81.5 Å². The minimum atomic E-state index is -0.0624. The van der Waals surface area contributed by atoms with Crippen molar-refractivity contribution in [2.45, 2.75) is 32.2 Å². The normalized spacial score (nSPS) is 11.8. The van der Waals surface area contributed by atoms with Crippen LogP contribution in [0, 0.1) is 0 Å². The fraction of sp³-hybridized carbons (Fsp3) is 0.538. The second kappa shape index (κ2) is 9.42. The van der Waals surface area contributed by atoms with Gasteiger partial charge in [-0.1, -0.05) is 6.42 Å². The highest BCUT2D eigenvalue weighted by Crippen LogP contribution is 2.37. The first-order valence-electron chi connectivity index (χ1n) is 6.21. The number of hydrogen-bond acceptors (Lipinski definition) is 4. The van der Waals surface area contributed by atoms with E-state index in [1.807, 2.05) is 13.0 Å². The lowest BCUT2D eigenvalue weighted by atomic mass is 10.0. The van der Waals surface area contributed by atoms with E-state index < -0.39 is 0 Å². The van der Waals surface area contributed by atoms with Crippen LogP contribution in [-0.2, 0) is 0 Å². The second-order valence-electron chi connectivity index (χ2n) is 4.17. The summed E-state index contributed by atoms with van der Waals surface area (Å²) in [6.45, 7) is 3.07. The number of rotatable bonds is 7. The predicted octanol–water partition coefficient (Wildman–Crippen LogP) is 3.10. The van der Waals surface area contributed by atoms with Gasteiger partial charge in [0.05, 0.1) is 11.1 Å². The average molecular weight is 354 g/mol. The van der Waals surface area contributed by atoms with Gasteiger partial charge in [-0.3, -0.25) is 0 Å². The van der Waals surface area contributed by atoms with Crippen LogP contribution in [0.25, 0.3) is 0 Å². The van der Waals surface area contributed by atoms with E-state index in [2.05, 4.69) is 15.9 Å². The van der Waals surface area contributed by atoms with E-state index in [0.717, 1.165) is 24.8 Å². The first-order valence-corrected chi connectivity index (χ1v) is 7.00. The fourth-order valence-corrected chi connectivity index (χ4v) is 2.21. The van der Waals surface area contributed by atoms with Crippen molar-refractivity contribution >= 4 is 28.3 Å². The Morgan fingerprint density at radius 1 is 1.37 bits per heavy atom. The summed E-state index contributed by atoms with van der Waals surface area (Å²) in [4.78, 5) is 0. The average Bonchev–Trinajstić information content (AvgIpc) is 2.35. The summed E-state index contributed by atoms with van der Waals surface area (Å²) in [6, 6.07) is 3.58. The van der Waals surface area contributed by atoms with Crippen molar-refractivity contribution in [3.63, 3.8) is 0 Å². The molecule has 0 aromatic heterocycles. The number of unbranched alkanes of at least 4 members (excludes halogenated alkanes) is 1. The van der Waals surface area contributed by atoms with Gasteiger partial charge in [-0.25, -0.2) is 0 Å². The number of benzene rings is 1. The van der Waals surface area contributed by atoms with Gasteiger partial charge in [0.1, 0.15) is 0 Å². The summed E-state index contributed by atoms with van der Waals surface area (Å²) < 4.78 is 5.99. The van der Waals surface area contributed by atoms with E-state index in [1.54, 1.807) is 6.07 Å². The van der Waals surface area contributed by atoms with Crippen LogP contribution in [0.3, 0.4) is 0 Å². The summed E-state index contributed by atoms with van der Waals surface area (Å²) in [5.74, 6) is 0.589. The van der Waals surface area contributed by atoms with Gasteiger partial charge in [-0.2, -0.15) is 0 Å². The Hall–Kier alpha value is -0.490.